The van der Waals surface area contributed by atoms with Gasteiger partial charge in [-0.3, -0.25) is 14.5 Å². The molecule has 1 saturated heterocycles. The number of fused-ring (bicyclic) bond motifs is 2. The highest BCUT2D eigenvalue weighted by Crippen LogP contribution is 2.40. The predicted molar refractivity (Wildman–Crippen MR) is 119 cm³/mol. The molecule has 4 amide bonds. The van der Waals surface area contributed by atoms with Crippen LogP contribution in [0, 0.1) is 6.92 Å². The summed E-state index contributed by atoms with van der Waals surface area (Å²) in [5, 5.41) is 8.48. The maximum atomic E-state index is 13.3. The molecule has 3 heterocycles. The smallest absolute Gasteiger partial charge is 0.325 e. The summed E-state index contributed by atoms with van der Waals surface area (Å²) >= 11 is 1.55. The van der Waals surface area contributed by atoms with Crippen LogP contribution in [0.4, 0.5) is 10.5 Å². The molecule has 0 unspecified atom stereocenters. The number of hydrogen-bond donors (Lipinski definition) is 2. The number of hydrogen-bond acceptors (Lipinski definition) is 6. The predicted octanol–water partition coefficient (Wildman–Crippen LogP) is 3.29. The second kappa shape index (κ2) is 7.76. The number of para-hydroxylation sites is 1. The Morgan fingerprint density at radius 2 is 2.09 bits per heavy atom. The number of nitrogens with zero attached hydrogens (tertiary/aromatic N) is 2. The molecule has 1 spiro atoms. The van der Waals surface area contributed by atoms with Gasteiger partial charge in [-0.05, 0) is 25.1 Å². The Morgan fingerprint density at radius 3 is 2.91 bits per heavy atom. The van der Waals surface area contributed by atoms with Crippen molar-refractivity contribution in [2.75, 3.05) is 18.5 Å². The minimum absolute atomic E-state index is 0.298. The van der Waals surface area contributed by atoms with E-state index < -0.39 is 23.4 Å². The van der Waals surface area contributed by atoms with E-state index >= 15 is 0 Å². The first kappa shape index (κ1) is 20.2. The van der Waals surface area contributed by atoms with Crippen molar-refractivity contribution >= 4 is 34.9 Å². The van der Waals surface area contributed by atoms with Crippen LogP contribution in [-0.2, 0) is 15.1 Å². The number of carbonyl (C=O) groups excluding carboxylic acids is 3. The molecule has 2 aliphatic heterocycles. The number of anilines is 1. The minimum atomic E-state index is -1.20. The minimum Gasteiger partial charge on any atom is -0.493 e. The van der Waals surface area contributed by atoms with Gasteiger partial charge in [0.1, 0.15) is 12.3 Å². The van der Waals surface area contributed by atoms with E-state index in [1.165, 1.54) is 0 Å². The number of thiazole rings is 1. The van der Waals surface area contributed by atoms with Crippen LogP contribution in [0.2, 0.25) is 0 Å². The molecule has 2 aromatic carbocycles. The number of benzene rings is 2. The van der Waals surface area contributed by atoms with Crippen molar-refractivity contribution in [1.29, 1.82) is 0 Å². The van der Waals surface area contributed by atoms with Crippen LogP contribution in [0.1, 0.15) is 17.0 Å². The van der Waals surface area contributed by atoms with Crippen molar-refractivity contribution in [2.24, 2.45) is 0 Å². The number of imide groups is 1. The van der Waals surface area contributed by atoms with Gasteiger partial charge in [0.05, 0.1) is 17.3 Å². The molecule has 1 fully saturated rings. The van der Waals surface area contributed by atoms with Crippen LogP contribution >= 0.6 is 11.3 Å². The lowest BCUT2D eigenvalue weighted by molar-refractivity contribution is -0.135. The van der Waals surface area contributed by atoms with Crippen LogP contribution in [0.5, 0.6) is 5.75 Å². The molecule has 0 radical (unpaired) electrons. The van der Waals surface area contributed by atoms with Gasteiger partial charge in [-0.1, -0.05) is 30.3 Å². The molecule has 2 N–H and O–H groups in total. The van der Waals surface area contributed by atoms with E-state index in [0.29, 0.717) is 30.0 Å². The average Bonchev–Trinajstić information content (AvgIpc) is 3.32. The average molecular weight is 449 g/mol. The van der Waals surface area contributed by atoms with Crippen molar-refractivity contribution in [1.82, 2.24) is 15.2 Å². The van der Waals surface area contributed by atoms with Crippen LogP contribution in [0.15, 0.2) is 53.9 Å². The standard InChI is InChI=1S/C23H20N4O4S/c1-14-24-18(13-32-14)15-5-4-6-16(11-15)25-20(28)12-27-21(29)23(26-22(27)30)9-10-31-19-8-3-2-7-17(19)23/h2-8,11,13H,9-10,12H2,1H3,(H,25,28)(H,26,30)/t23-/m0/s1. The van der Waals surface area contributed by atoms with Gasteiger partial charge in [0.15, 0.2) is 5.54 Å². The highest BCUT2D eigenvalue weighted by atomic mass is 32.1. The molecular weight excluding hydrogens is 428 g/mol. The van der Waals surface area contributed by atoms with E-state index in [2.05, 4.69) is 15.6 Å². The molecular formula is C23H20N4O4S. The summed E-state index contributed by atoms with van der Waals surface area (Å²) in [6.07, 6.45) is 0.307. The van der Waals surface area contributed by atoms with Crippen molar-refractivity contribution in [3.05, 3.63) is 64.5 Å². The molecule has 1 aromatic heterocycles. The zero-order valence-corrected chi connectivity index (χ0v) is 18.1. The maximum absolute atomic E-state index is 13.3. The van der Waals surface area contributed by atoms with Gasteiger partial charge >= 0.3 is 6.03 Å². The fourth-order valence-corrected chi connectivity index (χ4v) is 4.73. The Bertz CT molecular complexity index is 1240. The zero-order valence-electron chi connectivity index (χ0n) is 17.3. The molecule has 9 heteroatoms. The number of ether oxygens (including phenoxy) is 1. The summed E-state index contributed by atoms with van der Waals surface area (Å²) in [5.74, 6) is -0.342. The monoisotopic (exact) mass is 448 g/mol. The van der Waals surface area contributed by atoms with Gasteiger partial charge in [0, 0.05) is 28.6 Å². The number of nitrogens with one attached hydrogen (secondary N) is 2. The SMILES string of the molecule is Cc1nc(-c2cccc(NC(=O)CN3C(=O)N[C@]4(CCOc5ccccc54)C3=O)c2)cs1. The third-order valence-electron chi connectivity index (χ3n) is 5.62. The highest BCUT2D eigenvalue weighted by molar-refractivity contribution is 7.09. The number of rotatable bonds is 4. The molecule has 2 aliphatic rings. The third kappa shape index (κ3) is 3.40. The van der Waals surface area contributed by atoms with Crippen LogP contribution < -0.4 is 15.4 Å². The number of amides is 4. The second-order valence-electron chi connectivity index (χ2n) is 7.70. The quantitative estimate of drug-likeness (QED) is 0.597. The normalized spacial score (nSPS) is 19.5. The lowest BCUT2D eigenvalue weighted by Gasteiger charge is -2.33. The van der Waals surface area contributed by atoms with Crippen LogP contribution in [0.3, 0.4) is 0 Å². The molecule has 8 nitrogen and oxygen atoms in total. The summed E-state index contributed by atoms with van der Waals surface area (Å²) < 4.78 is 5.63. The summed E-state index contributed by atoms with van der Waals surface area (Å²) in [5.41, 5.74) is 1.68. The summed E-state index contributed by atoms with van der Waals surface area (Å²) in [7, 11) is 0. The van der Waals surface area contributed by atoms with Crippen molar-refractivity contribution in [3.8, 4) is 17.0 Å². The molecule has 3 aromatic rings. The molecule has 32 heavy (non-hydrogen) atoms. The fraction of sp³-hybridized carbons (Fsp3) is 0.217. The van der Waals surface area contributed by atoms with Gasteiger partial charge in [-0.15, -0.1) is 11.3 Å². The number of urea groups is 1. The van der Waals surface area contributed by atoms with Gasteiger partial charge < -0.3 is 15.4 Å². The Kier molecular flexibility index (Phi) is 4.90. The van der Waals surface area contributed by atoms with Crippen LogP contribution in [-0.4, -0.2) is 40.9 Å². The summed E-state index contributed by atoms with van der Waals surface area (Å²) in [4.78, 5) is 44.1. The van der Waals surface area contributed by atoms with E-state index in [9.17, 15) is 14.4 Å². The largest absolute Gasteiger partial charge is 0.493 e. The van der Waals surface area contributed by atoms with Crippen molar-refractivity contribution in [3.63, 3.8) is 0 Å². The van der Waals surface area contributed by atoms with Gasteiger partial charge in [-0.25, -0.2) is 9.78 Å². The molecule has 0 bridgehead atoms. The van der Waals surface area contributed by atoms with E-state index in [1.807, 2.05) is 36.6 Å². The molecule has 0 saturated carbocycles. The van der Waals surface area contributed by atoms with Crippen LogP contribution in [0.25, 0.3) is 11.3 Å². The lowest BCUT2D eigenvalue weighted by atomic mass is 9.84. The van der Waals surface area contributed by atoms with E-state index in [0.717, 1.165) is 21.2 Å². The number of aromatic nitrogens is 1. The Morgan fingerprint density at radius 1 is 1.25 bits per heavy atom. The zero-order chi connectivity index (χ0) is 22.3. The molecule has 0 aliphatic carbocycles. The van der Waals surface area contributed by atoms with Gasteiger partial charge in [-0.2, -0.15) is 0 Å². The van der Waals surface area contributed by atoms with E-state index in [1.54, 1.807) is 35.6 Å². The summed E-state index contributed by atoms with van der Waals surface area (Å²) in [6, 6.07) is 13.8. The van der Waals surface area contributed by atoms with Gasteiger partial charge in [0.25, 0.3) is 5.91 Å². The van der Waals surface area contributed by atoms with E-state index in [-0.39, 0.29) is 6.54 Å². The first-order valence-electron chi connectivity index (χ1n) is 10.2. The number of carbonyl (C=O) groups is 3. The maximum Gasteiger partial charge on any atom is 0.325 e. The van der Waals surface area contributed by atoms with Gasteiger partial charge in [0.2, 0.25) is 5.91 Å². The summed E-state index contributed by atoms with van der Waals surface area (Å²) in [6.45, 7) is 1.85. The molecule has 162 valence electrons. The number of aryl methyl sites for hydroxylation is 1. The lowest BCUT2D eigenvalue weighted by Crippen LogP contribution is -2.48. The topological polar surface area (TPSA) is 101 Å². The fourth-order valence-electron chi connectivity index (χ4n) is 4.11. The Labute approximate surface area is 188 Å². The first-order chi connectivity index (χ1) is 15.5. The van der Waals surface area contributed by atoms with Crippen molar-refractivity contribution < 1.29 is 19.1 Å². The van der Waals surface area contributed by atoms with E-state index in [4.69, 9.17) is 4.74 Å². The van der Waals surface area contributed by atoms with Crippen molar-refractivity contribution in [2.45, 2.75) is 18.9 Å². The Hall–Kier alpha value is -3.72. The molecule has 1 atom stereocenters. The first-order valence-corrected chi connectivity index (χ1v) is 11.0. The highest BCUT2D eigenvalue weighted by Gasteiger charge is 2.55. The Balaban J connectivity index is 1.33. The molecule has 5 rings (SSSR count). The third-order valence-corrected chi connectivity index (χ3v) is 6.39. The second-order valence-corrected chi connectivity index (χ2v) is 8.76.